The van der Waals surface area contributed by atoms with Crippen LogP contribution in [-0.2, 0) is 22.6 Å². The molecule has 5 heteroatoms. The molecule has 2 amide bonds. The average Bonchev–Trinajstić information content (AvgIpc) is 3.56. The Morgan fingerprint density at radius 3 is 1.95 bits per heavy atom. The standard InChI is InChI=1S/C37H40N2O3/c1-42-33-23-13-16-29(24-33)27-39(35(25-28-14-5-2-6-15-28)37(41)38-32-21-11-12-22-32)36(40)26-34(30-17-7-3-8-18-30)31-19-9-4-10-20-31/h2-10,13-20,23-24,32,34-35H,11-12,21-22,25-27H2,1H3,(H,38,41). The number of methoxy groups -OCH3 is 1. The molecular formula is C37H40N2O3. The van der Waals surface area contributed by atoms with Gasteiger partial charge in [0.15, 0.2) is 0 Å². The zero-order chi connectivity index (χ0) is 29.1. The lowest BCUT2D eigenvalue weighted by atomic mass is 9.87. The average molecular weight is 561 g/mol. The summed E-state index contributed by atoms with van der Waals surface area (Å²) in [7, 11) is 1.64. The van der Waals surface area contributed by atoms with Crippen molar-refractivity contribution in [2.75, 3.05) is 7.11 Å². The highest BCUT2D eigenvalue weighted by atomic mass is 16.5. The number of benzene rings is 4. The summed E-state index contributed by atoms with van der Waals surface area (Å²) in [5, 5.41) is 3.30. The minimum Gasteiger partial charge on any atom is -0.497 e. The number of carbonyl (C=O) groups is 2. The second-order valence-corrected chi connectivity index (χ2v) is 11.1. The smallest absolute Gasteiger partial charge is 0.243 e. The molecule has 1 aliphatic rings. The second-order valence-electron chi connectivity index (χ2n) is 11.1. The molecule has 0 saturated heterocycles. The normalized spacial score (nSPS) is 14.0. The van der Waals surface area contributed by atoms with E-state index in [1.807, 2.05) is 91.0 Å². The Morgan fingerprint density at radius 1 is 0.786 bits per heavy atom. The Balaban J connectivity index is 1.52. The molecule has 0 heterocycles. The van der Waals surface area contributed by atoms with E-state index in [4.69, 9.17) is 4.74 Å². The van der Waals surface area contributed by atoms with Gasteiger partial charge in [-0.25, -0.2) is 0 Å². The molecule has 0 aromatic heterocycles. The lowest BCUT2D eigenvalue weighted by Gasteiger charge is -2.33. The van der Waals surface area contributed by atoms with Gasteiger partial charge in [-0.2, -0.15) is 0 Å². The number of nitrogens with one attached hydrogen (secondary N) is 1. The van der Waals surface area contributed by atoms with Gasteiger partial charge >= 0.3 is 0 Å². The molecule has 0 bridgehead atoms. The lowest BCUT2D eigenvalue weighted by Crippen LogP contribution is -2.52. The van der Waals surface area contributed by atoms with Crippen LogP contribution in [0.25, 0.3) is 0 Å². The molecule has 1 atom stereocenters. The van der Waals surface area contributed by atoms with Crippen LogP contribution in [0.15, 0.2) is 115 Å². The first-order chi connectivity index (χ1) is 20.6. The van der Waals surface area contributed by atoms with Crippen LogP contribution >= 0.6 is 0 Å². The SMILES string of the molecule is COc1cccc(CN(C(=O)CC(c2ccccc2)c2ccccc2)C(Cc2ccccc2)C(=O)NC2CCCC2)c1. The fourth-order valence-electron chi connectivity index (χ4n) is 5.98. The first-order valence-corrected chi connectivity index (χ1v) is 15.0. The molecule has 0 radical (unpaired) electrons. The summed E-state index contributed by atoms with van der Waals surface area (Å²) in [6.45, 7) is 0.307. The van der Waals surface area contributed by atoms with Gasteiger partial charge < -0.3 is 15.0 Å². The monoisotopic (exact) mass is 560 g/mol. The molecule has 1 N–H and O–H groups in total. The van der Waals surface area contributed by atoms with E-state index < -0.39 is 6.04 Å². The summed E-state index contributed by atoms with van der Waals surface area (Å²) < 4.78 is 5.49. The Morgan fingerprint density at radius 2 is 1.36 bits per heavy atom. The number of rotatable bonds is 12. The van der Waals surface area contributed by atoms with Crippen LogP contribution in [0.4, 0.5) is 0 Å². The molecule has 4 aromatic carbocycles. The first kappa shape index (κ1) is 29.1. The Kier molecular flexibility index (Phi) is 10.1. The van der Waals surface area contributed by atoms with Gasteiger partial charge in [0.05, 0.1) is 7.11 Å². The largest absolute Gasteiger partial charge is 0.497 e. The van der Waals surface area contributed by atoms with Gasteiger partial charge in [-0.05, 0) is 47.2 Å². The third kappa shape index (κ3) is 7.67. The number of hydrogen-bond acceptors (Lipinski definition) is 3. The van der Waals surface area contributed by atoms with Crippen molar-refractivity contribution in [2.24, 2.45) is 0 Å². The fourth-order valence-corrected chi connectivity index (χ4v) is 5.98. The minimum atomic E-state index is -0.654. The van der Waals surface area contributed by atoms with Crippen LogP contribution in [0.5, 0.6) is 5.75 Å². The van der Waals surface area contributed by atoms with Crippen molar-refractivity contribution < 1.29 is 14.3 Å². The van der Waals surface area contributed by atoms with Gasteiger partial charge in [-0.15, -0.1) is 0 Å². The number of carbonyl (C=O) groups excluding carboxylic acids is 2. The van der Waals surface area contributed by atoms with E-state index in [1.54, 1.807) is 12.0 Å². The molecule has 1 fully saturated rings. The van der Waals surface area contributed by atoms with Crippen molar-refractivity contribution in [3.8, 4) is 5.75 Å². The van der Waals surface area contributed by atoms with Crippen LogP contribution in [0.3, 0.4) is 0 Å². The number of hydrogen-bond donors (Lipinski definition) is 1. The molecule has 4 aromatic rings. The molecule has 1 saturated carbocycles. The predicted octanol–water partition coefficient (Wildman–Crippen LogP) is 6.92. The van der Waals surface area contributed by atoms with Gasteiger partial charge in [-0.3, -0.25) is 9.59 Å². The van der Waals surface area contributed by atoms with E-state index in [0.29, 0.717) is 13.0 Å². The summed E-state index contributed by atoms with van der Waals surface area (Å²) in [5.74, 6) is 0.445. The van der Waals surface area contributed by atoms with E-state index in [9.17, 15) is 9.59 Å². The van der Waals surface area contributed by atoms with Gasteiger partial charge in [0, 0.05) is 31.3 Å². The molecule has 1 unspecified atom stereocenters. The van der Waals surface area contributed by atoms with Crippen LogP contribution < -0.4 is 10.1 Å². The highest BCUT2D eigenvalue weighted by molar-refractivity contribution is 5.88. The molecule has 5 rings (SSSR count). The molecule has 216 valence electrons. The quantitative estimate of drug-likeness (QED) is 0.205. The number of ether oxygens (including phenoxy) is 1. The van der Waals surface area contributed by atoms with E-state index >= 15 is 0 Å². The van der Waals surface area contributed by atoms with Crippen LogP contribution in [0.1, 0.15) is 60.3 Å². The van der Waals surface area contributed by atoms with Gasteiger partial charge in [0.25, 0.3) is 0 Å². The molecular weight excluding hydrogens is 520 g/mol. The van der Waals surface area contributed by atoms with E-state index in [0.717, 1.165) is 53.7 Å². The molecule has 1 aliphatic carbocycles. The first-order valence-electron chi connectivity index (χ1n) is 15.0. The fraction of sp³-hybridized carbons (Fsp3) is 0.297. The van der Waals surface area contributed by atoms with Crippen molar-refractivity contribution in [1.82, 2.24) is 10.2 Å². The van der Waals surface area contributed by atoms with E-state index in [2.05, 4.69) is 29.6 Å². The summed E-state index contributed by atoms with van der Waals surface area (Å²) in [5.41, 5.74) is 4.10. The van der Waals surface area contributed by atoms with Crippen LogP contribution in [0.2, 0.25) is 0 Å². The van der Waals surface area contributed by atoms with Crippen LogP contribution in [0, 0.1) is 0 Å². The third-order valence-corrected chi connectivity index (χ3v) is 8.24. The van der Waals surface area contributed by atoms with Crippen molar-refractivity contribution in [3.05, 3.63) is 138 Å². The number of nitrogens with zero attached hydrogens (tertiary/aromatic N) is 1. The maximum absolute atomic E-state index is 14.5. The topological polar surface area (TPSA) is 58.6 Å². The van der Waals surface area contributed by atoms with Gasteiger partial charge in [0.2, 0.25) is 11.8 Å². The highest BCUT2D eigenvalue weighted by Crippen LogP contribution is 2.30. The zero-order valence-electron chi connectivity index (χ0n) is 24.3. The van der Waals surface area contributed by atoms with E-state index in [-0.39, 0.29) is 30.2 Å². The Labute approximate surface area is 249 Å². The second kappa shape index (κ2) is 14.5. The lowest BCUT2D eigenvalue weighted by molar-refractivity contribution is -0.141. The predicted molar refractivity (Wildman–Crippen MR) is 167 cm³/mol. The zero-order valence-corrected chi connectivity index (χ0v) is 24.3. The van der Waals surface area contributed by atoms with Gasteiger partial charge in [0.1, 0.15) is 11.8 Å². The van der Waals surface area contributed by atoms with Crippen LogP contribution in [-0.4, -0.2) is 35.9 Å². The highest BCUT2D eigenvalue weighted by Gasteiger charge is 2.33. The van der Waals surface area contributed by atoms with E-state index in [1.165, 1.54) is 0 Å². The van der Waals surface area contributed by atoms with Crippen molar-refractivity contribution in [3.63, 3.8) is 0 Å². The summed E-state index contributed by atoms with van der Waals surface area (Å²) in [6, 6.07) is 37.6. The summed E-state index contributed by atoms with van der Waals surface area (Å²) >= 11 is 0. The van der Waals surface area contributed by atoms with Gasteiger partial charge in [-0.1, -0.05) is 116 Å². The Bertz CT molecular complexity index is 1380. The summed E-state index contributed by atoms with van der Waals surface area (Å²) in [4.78, 5) is 30.4. The molecule has 0 aliphatic heterocycles. The maximum Gasteiger partial charge on any atom is 0.243 e. The maximum atomic E-state index is 14.5. The molecule has 0 spiro atoms. The van der Waals surface area contributed by atoms with Crippen molar-refractivity contribution in [2.45, 2.75) is 63.1 Å². The third-order valence-electron chi connectivity index (χ3n) is 8.24. The van der Waals surface area contributed by atoms with Crippen molar-refractivity contribution >= 4 is 11.8 Å². The van der Waals surface area contributed by atoms with Crippen molar-refractivity contribution in [1.29, 1.82) is 0 Å². The summed E-state index contributed by atoms with van der Waals surface area (Å²) in [6.07, 6.45) is 4.90. The minimum absolute atomic E-state index is 0.0574. The molecule has 42 heavy (non-hydrogen) atoms. The molecule has 5 nitrogen and oxygen atoms in total. The number of amides is 2. The Hall–Kier alpha value is -4.38.